The molecule has 0 saturated heterocycles. The highest BCUT2D eigenvalue weighted by molar-refractivity contribution is 6.33. The van der Waals surface area contributed by atoms with Crippen molar-refractivity contribution in [2.24, 2.45) is 0 Å². The number of rotatable bonds is 0. The van der Waals surface area contributed by atoms with Gasteiger partial charge in [0.05, 0.1) is 16.3 Å². The molecular formula is C7H4ClFN2. The molecule has 0 aromatic heterocycles. The zero-order valence-corrected chi connectivity index (χ0v) is 6.19. The van der Waals surface area contributed by atoms with Gasteiger partial charge in [0, 0.05) is 0 Å². The Labute approximate surface area is 68.0 Å². The molecule has 0 unspecified atom stereocenters. The minimum Gasteiger partial charge on any atom is -0.397 e. The molecule has 4 heteroatoms. The number of anilines is 1. The largest absolute Gasteiger partial charge is 0.397 e. The van der Waals surface area contributed by atoms with Gasteiger partial charge in [0.2, 0.25) is 0 Å². The van der Waals surface area contributed by atoms with Crippen LogP contribution in [0.5, 0.6) is 0 Å². The highest BCUT2D eigenvalue weighted by Crippen LogP contribution is 2.21. The van der Waals surface area contributed by atoms with Crippen LogP contribution in [0.15, 0.2) is 12.1 Å². The van der Waals surface area contributed by atoms with E-state index in [-0.39, 0.29) is 16.3 Å². The molecule has 2 N–H and O–H groups in total. The normalized spacial score (nSPS) is 9.18. The second kappa shape index (κ2) is 2.77. The number of nitrogens with zero attached hydrogens (tertiary/aromatic N) is 1. The van der Waals surface area contributed by atoms with Crippen molar-refractivity contribution in [3.63, 3.8) is 0 Å². The lowest BCUT2D eigenvalue weighted by molar-refractivity contribution is 0.624. The van der Waals surface area contributed by atoms with Crippen LogP contribution in [0.2, 0.25) is 5.02 Å². The minimum atomic E-state index is -0.647. The minimum absolute atomic E-state index is 0.0908. The number of nitriles is 1. The second-order valence-electron chi connectivity index (χ2n) is 1.97. The van der Waals surface area contributed by atoms with Crippen LogP contribution in [0, 0.1) is 17.1 Å². The summed E-state index contributed by atoms with van der Waals surface area (Å²) in [6.45, 7) is 0. The molecule has 1 aromatic carbocycles. The van der Waals surface area contributed by atoms with Crippen LogP contribution in [0.1, 0.15) is 5.56 Å². The first-order valence-corrected chi connectivity index (χ1v) is 3.17. The van der Waals surface area contributed by atoms with Gasteiger partial charge in [-0.25, -0.2) is 4.39 Å². The molecule has 0 aliphatic heterocycles. The molecule has 0 spiro atoms. The summed E-state index contributed by atoms with van der Waals surface area (Å²) in [6, 6.07) is 3.88. The lowest BCUT2D eigenvalue weighted by Gasteiger charge is -1.97. The number of nitrogen functional groups attached to an aromatic ring is 1. The van der Waals surface area contributed by atoms with Crippen LogP contribution in [0.25, 0.3) is 0 Å². The Hall–Kier alpha value is -1.27. The predicted molar refractivity (Wildman–Crippen MR) is 40.5 cm³/mol. The summed E-state index contributed by atoms with van der Waals surface area (Å²) in [5.74, 6) is -0.647. The lowest BCUT2D eigenvalue weighted by atomic mass is 10.2. The Morgan fingerprint density at radius 2 is 2.18 bits per heavy atom. The maximum atomic E-state index is 12.7. The molecule has 1 aromatic rings. The van der Waals surface area contributed by atoms with Crippen LogP contribution in [0.3, 0.4) is 0 Å². The van der Waals surface area contributed by atoms with Crippen LogP contribution in [0.4, 0.5) is 10.1 Å². The maximum absolute atomic E-state index is 12.7. The first-order chi connectivity index (χ1) is 5.15. The molecule has 11 heavy (non-hydrogen) atoms. The van der Waals surface area contributed by atoms with Crippen LogP contribution < -0.4 is 5.73 Å². The summed E-state index contributed by atoms with van der Waals surface area (Å²) in [5, 5.41) is 8.47. The first-order valence-electron chi connectivity index (χ1n) is 2.79. The van der Waals surface area contributed by atoms with Crippen molar-refractivity contribution < 1.29 is 4.39 Å². The number of hydrogen-bond donors (Lipinski definition) is 1. The van der Waals surface area contributed by atoms with Crippen molar-refractivity contribution in [1.82, 2.24) is 0 Å². The van der Waals surface area contributed by atoms with Gasteiger partial charge in [-0.05, 0) is 12.1 Å². The molecule has 0 aliphatic carbocycles. The summed E-state index contributed by atoms with van der Waals surface area (Å²) in [5.41, 5.74) is 5.44. The molecule has 1 rings (SSSR count). The molecule has 2 nitrogen and oxygen atoms in total. The van der Waals surface area contributed by atoms with E-state index in [4.69, 9.17) is 22.6 Å². The van der Waals surface area contributed by atoms with Gasteiger partial charge in [0.15, 0.2) is 0 Å². The summed E-state index contributed by atoms with van der Waals surface area (Å²) >= 11 is 5.47. The van der Waals surface area contributed by atoms with E-state index in [1.54, 1.807) is 6.07 Å². The highest BCUT2D eigenvalue weighted by atomic mass is 35.5. The van der Waals surface area contributed by atoms with Crippen LogP contribution >= 0.6 is 11.6 Å². The van der Waals surface area contributed by atoms with Gasteiger partial charge >= 0.3 is 0 Å². The summed E-state index contributed by atoms with van der Waals surface area (Å²) < 4.78 is 12.7. The Bertz CT molecular complexity index is 330. The van der Waals surface area contributed by atoms with E-state index in [0.717, 1.165) is 6.07 Å². The molecule has 0 saturated carbocycles. The first kappa shape index (κ1) is 7.83. The molecule has 0 radical (unpaired) electrons. The molecule has 0 heterocycles. The van der Waals surface area contributed by atoms with E-state index in [2.05, 4.69) is 0 Å². The average Bonchev–Trinajstić information content (AvgIpc) is 1.97. The third kappa shape index (κ3) is 1.41. The molecule has 56 valence electrons. The molecule has 0 bridgehead atoms. The van der Waals surface area contributed by atoms with E-state index < -0.39 is 5.82 Å². The smallest absolute Gasteiger partial charge is 0.142 e. The van der Waals surface area contributed by atoms with Crippen molar-refractivity contribution in [3.05, 3.63) is 28.5 Å². The summed E-state index contributed by atoms with van der Waals surface area (Å²) in [7, 11) is 0. The zero-order chi connectivity index (χ0) is 8.43. The maximum Gasteiger partial charge on any atom is 0.142 e. The van der Waals surface area contributed by atoms with E-state index in [9.17, 15) is 4.39 Å². The Morgan fingerprint density at radius 3 is 2.73 bits per heavy atom. The fraction of sp³-hybridized carbons (Fsp3) is 0. The molecule has 0 fully saturated rings. The fourth-order valence-electron chi connectivity index (χ4n) is 0.651. The summed E-state index contributed by atoms with van der Waals surface area (Å²) in [6.07, 6.45) is 0. The molecular weight excluding hydrogens is 167 g/mol. The van der Waals surface area contributed by atoms with Gasteiger partial charge in [0.1, 0.15) is 11.9 Å². The molecule has 0 amide bonds. The number of benzene rings is 1. The Kier molecular flexibility index (Phi) is 1.97. The fourth-order valence-corrected chi connectivity index (χ4v) is 0.802. The van der Waals surface area contributed by atoms with Gasteiger partial charge < -0.3 is 5.73 Å². The van der Waals surface area contributed by atoms with Gasteiger partial charge in [-0.15, -0.1) is 0 Å². The van der Waals surface area contributed by atoms with Crippen LogP contribution in [-0.4, -0.2) is 0 Å². The van der Waals surface area contributed by atoms with E-state index in [1.807, 2.05) is 0 Å². The molecule has 0 aliphatic rings. The van der Waals surface area contributed by atoms with E-state index in [0.29, 0.717) is 0 Å². The Morgan fingerprint density at radius 1 is 1.55 bits per heavy atom. The van der Waals surface area contributed by atoms with Gasteiger partial charge in [-0.1, -0.05) is 11.6 Å². The third-order valence-corrected chi connectivity index (χ3v) is 1.53. The number of nitrogens with two attached hydrogens (primary N) is 1. The number of halogens is 2. The highest BCUT2D eigenvalue weighted by Gasteiger charge is 2.04. The monoisotopic (exact) mass is 170 g/mol. The topological polar surface area (TPSA) is 49.8 Å². The third-order valence-electron chi connectivity index (χ3n) is 1.21. The van der Waals surface area contributed by atoms with E-state index in [1.165, 1.54) is 6.07 Å². The number of hydrogen-bond acceptors (Lipinski definition) is 2. The van der Waals surface area contributed by atoms with Gasteiger partial charge in [-0.2, -0.15) is 5.26 Å². The van der Waals surface area contributed by atoms with Gasteiger partial charge in [-0.3, -0.25) is 0 Å². The van der Waals surface area contributed by atoms with Crippen molar-refractivity contribution in [3.8, 4) is 6.07 Å². The standard InChI is InChI=1S/C7H4ClFN2/c8-5-2-6(9)4(3-10)1-7(5)11/h1-2H,11H2. The van der Waals surface area contributed by atoms with E-state index >= 15 is 0 Å². The van der Waals surface area contributed by atoms with Crippen molar-refractivity contribution in [2.45, 2.75) is 0 Å². The zero-order valence-electron chi connectivity index (χ0n) is 5.44. The SMILES string of the molecule is N#Cc1cc(N)c(Cl)cc1F. The predicted octanol–water partition coefficient (Wildman–Crippen LogP) is 1.93. The Balaban J connectivity index is 3.35. The molecule has 0 atom stereocenters. The van der Waals surface area contributed by atoms with Crippen LogP contribution in [-0.2, 0) is 0 Å². The second-order valence-corrected chi connectivity index (χ2v) is 2.37. The quantitative estimate of drug-likeness (QED) is 0.605. The average molecular weight is 171 g/mol. The lowest BCUT2D eigenvalue weighted by Crippen LogP contribution is -1.90. The van der Waals surface area contributed by atoms with Crippen molar-refractivity contribution >= 4 is 17.3 Å². The van der Waals surface area contributed by atoms with Crippen molar-refractivity contribution in [2.75, 3.05) is 5.73 Å². The van der Waals surface area contributed by atoms with Gasteiger partial charge in [0.25, 0.3) is 0 Å². The van der Waals surface area contributed by atoms with Crippen molar-refractivity contribution in [1.29, 1.82) is 5.26 Å². The summed E-state index contributed by atoms with van der Waals surface area (Å²) in [4.78, 5) is 0.